The van der Waals surface area contributed by atoms with Crippen molar-refractivity contribution in [3.05, 3.63) is 40.4 Å². The van der Waals surface area contributed by atoms with Gasteiger partial charge in [0.1, 0.15) is 0 Å². The number of nitrogens with zero attached hydrogens (tertiary/aromatic N) is 1. The van der Waals surface area contributed by atoms with Crippen LogP contribution in [-0.4, -0.2) is 24.6 Å². The van der Waals surface area contributed by atoms with Crippen molar-refractivity contribution in [3.63, 3.8) is 0 Å². The van der Waals surface area contributed by atoms with Gasteiger partial charge in [-0.05, 0) is 63.3 Å². The molecule has 0 aliphatic heterocycles. The highest BCUT2D eigenvalue weighted by Crippen LogP contribution is 2.32. The van der Waals surface area contributed by atoms with Crippen molar-refractivity contribution < 1.29 is 13.2 Å². The lowest BCUT2D eigenvalue weighted by atomic mass is 9.93. The van der Waals surface area contributed by atoms with E-state index in [1.165, 1.54) is 28.3 Å². The Kier molecular flexibility index (Phi) is 4.97. The van der Waals surface area contributed by atoms with E-state index >= 15 is 0 Å². The van der Waals surface area contributed by atoms with Crippen LogP contribution in [0.15, 0.2) is 29.2 Å². The molecule has 5 nitrogen and oxygen atoms in total. The Labute approximate surface area is 152 Å². The van der Waals surface area contributed by atoms with Gasteiger partial charge in [-0.2, -0.15) is 0 Å². The van der Waals surface area contributed by atoms with Crippen LogP contribution in [0.25, 0.3) is 0 Å². The summed E-state index contributed by atoms with van der Waals surface area (Å²) in [5, 5.41) is 2.95. The molecule has 7 heteroatoms. The van der Waals surface area contributed by atoms with Crippen molar-refractivity contribution in [2.24, 2.45) is 5.92 Å². The number of fused-ring (bicyclic) bond motifs is 1. The van der Waals surface area contributed by atoms with Gasteiger partial charge in [0.25, 0.3) is 5.91 Å². The van der Waals surface area contributed by atoms with Gasteiger partial charge in [-0.25, -0.2) is 13.4 Å². The highest BCUT2D eigenvalue weighted by atomic mass is 32.2. The first-order valence-corrected chi connectivity index (χ1v) is 10.8. The first-order chi connectivity index (χ1) is 11.8. The molecule has 134 valence electrons. The standard InChI is InChI=1S/C18H22N2O3S2/c1-11(2)25(22,23)14-7-5-13(6-8-14)17(21)20-18-19-15-9-4-12(3)10-16(15)24-18/h5-8,11-12H,4,9-10H2,1-3H3,(H,19,20,21)/t12-/m1/s1. The maximum absolute atomic E-state index is 12.4. The number of aromatic nitrogens is 1. The predicted octanol–water partition coefficient (Wildman–Crippen LogP) is 3.70. The molecule has 0 saturated heterocycles. The lowest BCUT2D eigenvalue weighted by Crippen LogP contribution is -2.15. The summed E-state index contributed by atoms with van der Waals surface area (Å²) in [6.07, 6.45) is 3.12. The Balaban J connectivity index is 1.74. The summed E-state index contributed by atoms with van der Waals surface area (Å²) in [5.74, 6) is 0.389. The number of thiazole rings is 1. The number of hydrogen-bond donors (Lipinski definition) is 1. The molecule has 0 spiro atoms. The van der Waals surface area contributed by atoms with E-state index in [0.29, 0.717) is 16.6 Å². The maximum atomic E-state index is 12.4. The number of nitrogens with one attached hydrogen (secondary N) is 1. The van der Waals surface area contributed by atoms with E-state index in [-0.39, 0.29) is 10.8 Å². The normalized spacial score (nSPS) is 17.4. The molecule has 0 unspecified atom stereocenters. The third-order valence-electron chi connectivity index (χ3n) is 4.47. The molecular weight excluding hydrogens is 356 g/mol. The fraction of sp³-hybridized carbons (Fsp3) is 0.444. The van der Waals surface area contributed by atoms with Gasteiger partial charge < -0.3 is 0 Å². The monoisotopic (exact) mass is 378 g/mol. The zero-order valence-electron chi connectivity index (χ0n) is 14.6. The van der Waals surface area contributed by atoms with Crippen LogP contribution in [0, 0.1) is 5.92 Å². The van der Waals surface area contributed by atoms with Crippen LogP contribution in [-0.2, 0) is 22.7 Å². The van der Waals surface area contributed by atoms with Gasteiger partial charge in [-0.1, -0.05) is 6.92 Å². The number of benzene rings is 1. The van der Waals surface area contributed by atoms with Crippen molar-refractivity contribution in [1.29, 1.82) is 0 Å². The molecular formula is C18H22N2O3S2. The zero-order chi connectivity index (χ0) is 18.2. The molecule has 1 N–H and O–H groups in total. The minimum atomic E-state index is -3.33. The molecule has 1 aliphatic rings. The van der Waals surface area contributed by atoms with Crippen molar-refractivity contribution in [1.82, 2.24) is 4.98 Å². The van der Waals surface area contributed by atoms with Gasteiger partial charge in [-0.3, -0.25) is 10.1 Å². The van der Waals surface area contributed by atoms with E-state index in [9.17, 15) is 13.2 Å². The third kappa shape index (κ3) is 3.77. The summed E-state index contributed by atoms with van der Waals surface area (Å²) in [5.41, 5.74) is 1.51. The highest BCUT2D eigenvalue weighted by molar-refractivity contribution is 7.92. The summed E-state index contributed by atoms with van der Waals surface area (Å²) in [6.45, 7) is 5.51. The molecule has 1 aromatic heterocycles. The van der Waals surface area contributed by atoms with Crippen molar-refractivity contribution in [2.45, 2.75) is 50.2 Å². The SMILES string of the molecule is CC(C)S(=O)(=O)c1ccc(C(=O)Nc2nc3c(s2)C[C@H](C)CC3)cc1. The first-order valence-electron chi connectivity index (χ1n) is 8.41. The number of rotatable bonds is 4. The summed E-state index contributed by atoms with van der Waals surface area (Å²) in [4.78, 5) is 18.4. The Bertz CT molecular complexity index is 884. The quantitative estimate of drug-likeness (QED) is 0.880. The fourth-order valence-corrected chi connectivity index (χ4v) is 5.06. The fourth-order valence-electron chi connectivity index (χ4n) is 2.83. The second-order valence-corrected chi connectivity index (χ2v) is 10.4. The molecule has 1 aromatic carbocycles. The van der Waals surface area contributed by atoms with E-state index in [1.54, 1.807) is 26.0 Å². The number of amides is 1. The van der Waals surface area contributed by atoms with Crippen LogP contribution in [0.5, 0.6) is 0 Å². The van der Waals surface area contributed by atoms with Crippen LogP contribution in [0.4, 0.5) is 5.13 Å². The Morgan fingerprint density at radius 1 is 1.28 bits per heavy atom. The zero-order valence-corrected chi connectivity index (χ0v) is 16.2. The summed E-state index contributed by atoms with van der Waals surface area (Å²) < 4.78 is 24.3. The molecule has 3 rings (SSSR count). The molecule has 2 aromatic rings. The van der Waals surface area contributed by atoms with Crippen LogP contribution >= 0.6 is 11.3 Å². The summed E-state index contributed by atoms with van der Waals surface area (Å²) in [6, 6.07) is 6.05. The molecule has 1 aliphatic carbocycles. The Morgan fingerprint density at radius 2 is 1.96 bits per heavy atom. The molecule has 0 radical (unpaired) electrons. The molecule has 25 heavy (non-hydrogen) atoms. The smallest absolute Gasteiger partial charge is 0.257 e. The maximum Gasteiger partial charge on any atom is 0.257 e. The lowest BCUT2D eigenvalue weighted by molar-refractivity contribution is 0.102. The van der Waals surface area contributed by atoms with Crippen LogP contribution in [0.2, 0.25) is 0 Å². The topological polar surface area (TPSA) is 76.1 Å². The number of sulfone groups is 1. The second kappa shape index (κ2) is 6.88. The molecule has 0 saturated carbocycles. The number of aryl methyl sites for hydroxylation is 1. The van der Waals surface area contributed by atoms with Crippen LogP contribution in [0.3, 0.4) is 0 Å². The van der Waals surface area contributed by atoms with Gasteiger partial charge >= 0.3 is 0 Å². The number of anilines is 1. The predicted molar refractivity (Wildman–Crippen MR) is 100 cm³/mol. The molecule has 1 atom stereocenters. The Morgan fingerprint density at radius 3 is 2.60 bits per heavy atom. The van der Waals surface area contributed by atoms with Gasteiger partial charge in [-0.15, -0.1) is 11.3 Å². The summed E-state index contributed by atoms with van der Waals surface area (Å²) in [7, 11) is -3.33. The highest BCUT2D eigenvalue weighted by Gasteiger charge is 2.22. The van der Waals surface area contributed by atoms with E-state index < -0.39 is 15.1 Å². The number of carbonyl (C=O) groups excluding carboxylic acids is 1. The van der Waals surface area contributed by atoms with Crippen molar-refractivity contribution >= 4 is 32.2 Å². The first kappa shape index (κ1) is 18.1. The number of carbonyl (C=O) groups is 1. The molecule has 1 amide bonds. The van der Waals surface area contributed by atoms with E-state index in [1.807, 2.05) is 0 Å². The largest absolute Gasteiger partial charge is 0.298 e. The van der Waals surface area contributed by atoms with E-state index in [2.05, 4.69) is 17.2 Å². The van der Waals surface area contributed by atoms with Crippen molar-refractivity contribution in [2.75, 3.05) is 5.32 Å². The molecule has 0 bridgehead atoms. The third-order valence-corrected chi connectivity index (χ3v) is 7.68. The van der Waals surface area contributed by atoms with Crippen molar-refractivity contribution in [3.8, 4) is 0 Å². The molecule has 0 fully saturated rings. The summed E-state index contributed by atoms with van der Waals surface area (Å²) >= 11 is 1.53. The van der Waals surface area contributed by atoms with Gasteiger partial charge in [0, 0.05) is 10.4 Å². The average Bonchev–Trinajstić information content (AvgIpc) is 2.96. The minimum Gasteiger partial charge on any atom is -0.298 e. The van der Waals surface area contributed by atoms with Gasteiger partial charge in [0.05, 0.1) is 15.8 Å². The van der Waals surface area contributed by atoms with Crippen LogP contribution < -0.4 is 5.32 Å². The average molecular weight is 379 g/mol. The van der Waals surface area contributed by atoms with Crippen LogP contribution in [0.1, 0.15) is 48.1 Å². The van der Waals surface area contributed by atoms with Gasteiger partial charge in [0.15, 0.2) is 15.0 Å². The minimum absolute atomic E-state index is 0.234. The van der Waals surface area contributed by atoms with E-state index in [0.717, 1.165) is 25.0 Å². The second-order valence-electron chi connectivity index (χ2n) is 6.81. The van der Waals surface area contributed by atoms with Gasteiger partial charge in [0.2, 0.25) is 0 Å². The number of hydrogen-bond acceptors (Lipinski definition) is 5. The molecule has 1 heterocycles. The van der Waals surface area contributed by atoms with E-state index in [4.69, 9.17) is 0 Å². The Hall–Kier alpha value is -1.73. The lowest BCUT2D eigenvalue weighted by Gasteiger charge is -2.15.